The molecule has 0 saturated heterocycles. The molecule has 72 valence electrons. The van der Waals surface area contributed by atoms with E-state index in [1.807, 2.05) is 0 Å². The predicted molar refractivity (Wildman–Crippen MR) is 55.0 cm³/mol. The second kappa shape index (κ2) is 4.61. The number of halogens is 2. The lowest BCUT2D eigenvalue weighted by molar-refractivity contribution is 0.386. The van der Waals surface area contributed by atoms with Crippen molar-refractivity contribution in [3.8, 4) is 5.75 Å². The quantitative estimate of drug-likeness (QED) is 0.745. The number of hydrogen-bond donors (Lipinski definition) is 0. The molecule has 0 aromatic heterocycles. The maximum atomic E-state index is 13.0. The third kappa shape index (κ3) is 2.99. The molecule has 3 heteroatoms. The average Bonchev–Trinajstić information content (AvgIpc) is 2.07. The Labute approximate surface area is 86.0 Å². The third-order valence-corrected chi connectivity index (χ3v) is 2.06. The van der Waals surface area contributed by atoms with Crippen molar-refractivity contribution in [3.63, 3.8) is 0 Å². The van der Waals surface area contributed by atoms with Gasteiger partial charge >= 0.3 is 0 Å². The Bertz CT molecular complexity index is 286. The molecule has 1 nitrogen and oxygen atoms in total. The van der Waals surface area contributed by atoms with E-state index in [4.69, 9.17) is 4.74 Å². The van der Waals surface area contributed by atoms with Gasteiger partial charge in [0.15, 0.2) is 11.6 Å². The van der Waals surface area contributed by atoms with Gasteiger partial charge in [0.1, 0.15) is 0 Å². The minimum atomic E-state index is -0.312. The largest absolute Gasteiger partial charge is 0.494 e. The molecule has 1 aromatic carbocycles. The van der Waals surface area contributed by atoms with Crippen LogP contribution in [0.4, 0.5) is 4.39 Å². The number of alkyl halides is 1. The van der Waals surface area contributed by atoms with Gasteiger partial charge in [0.2, 0.25) is 0 Å². The van der Waals surface area contributed by atoms with E-state index in [0.717, 1.165) is 12.0 Å². The van der Waals surface area contributed by atoms with Crippen LogP contribution >= 0.6 is 15.9 Å². The first kappa shape index (κ1) is 10.5. The lowest BCUT2D eigenvalue weighted by Crippen LogP contribution is -1.97. The van der Waals surface area contributed by atoms with Crippen LogP contribution in [0.3, 0.4) is 0 Å². The van der Waals surface area contributed by atoms with Crippen molar-refractivity contribution in [2.24, 2.45) is 0 Å². The summed E-state index contributed by atoms with van der Waals surface area (Å²) in [6.07, 6.45) is 0.872. The highest BCUT2D eigenvalue weighted by Crippen LogP contribution is 2.20. The third-order valence-electron chi connectivity index (χ3n) is 1.73. The smallest absolute Gasteiger partial charge is 0.165 e. The van der Waals surface area contributed by atoms with Crippen LogP contribution in [0.15, 0.2) is 18.2 Å². The molecule has 13 heavy (non-hydrogen) atoms. The van der Waals surface area contributed by atoms with E-state index < -0.39 is 0 Å². The Balaban J connectivity index is 2.86. The van der Waals surface area contributed by atoms with E-state index in [1.165, 1.54) is 13.2 Å². The van der Waals surface area contributed by atoms with Crippen LogP contribution in [0.1, 0.15) is 12.5 Å². The summed E-state index contributed by atoms with van der Waals surface area (Å²) in [5.41, 5.74) is 1.07. The second-order valence-electron chi connectivity index (χ2n) is 2.95. The Morgan fingerprint density at radius 3 is 2.77 bits per heavy atom. The molecule has 1 atom stereocenters. The minimum absolute atomic E-state index is 0.311. The molecule has 0 saturated carbocycles. The van der Waals surface area contributed by atoms with E-state index in [2.05, 4.69) is 22.9 Å². The lowest BCUT2D eigenvalue weighted by atomic mass is 10.1. The fourth-order valence-corrected chi connectivity index (χ4v) is 1.53. The molecule has 0 N–H and O–H groups in total. The molecule has 1 rings (SSSR count). The van der Waals surface area contributed by atoms with Gasteiger partial charge in [0.25, 0.3) is 0 Å². The standard InChI is InChI=1S/C10H12BrFO/c1-7(11)5-8-3-4-9(12)10(6-8)13-2/h3-4,6-7H,5H2,1-2H3. The van der Waals surface area contributed by atoms with Crippen molar-refractivity contribution < 1.29 is 9.13 Å². The first-order chi connectivity index (χ1) is 6.13. The molecule has 0 aliphatic carbocycles. The molecule has 0 radical (unpaired) electrons. The van der Waals surface area contributed by atoms with Gasteiger partial charge in [0, 0.05) is 4.83 Å². The van der Waals surface area contributed by atoms with Gasteiger partial charge in [-0.2, -0.15) is 0 Å². The zero-order valence-electron chi connectivity index (χ0n) is 7.68. The first-order valence-electron chi connectivity index (χ1n) is 4.10. The molecule has 0 amide bonds. The van der Waals surface area contributed by atoms with Crippen LogP contribution in [0.5, 0.6) is 5.75 Å². The second-order valence-corrected chi connectivity index (χ2v) is 4.52. The topological polar surface area (TPSA) is 9.23 Å². The number of methoxy groups -OCH3 is 1. The van der Waals surface area contributed by atoms with Crippen molar-refractivity contribution in [1.29, 1.82) is 0 Å². The van der Waals surface area contributed by atoms with Crippen molar-refractivity contribution in [2.45, 2.75) is 18.2 Å². The zero-order valence-corrected chi connectivity index (χ0v) is 9.27. The molecule has 0 fully saturated rings. The van der Waals surface area contributed by atoms with Gasteiger partial charge in [-0.15, -0.1) is 0 Å². The van der Waals surface area contributed by atoms with E-state index >= 15 is 0 Å². The van der Waals surface area contributed by atoms with Crippen molar-refractivity contribution in [1.82, 2.24) is 0 Å². The SMILES string of the molecule is COc1cc(CC(C)Br)ccc1F. The molecular weight excluding hydrogens is 235 g/mol. The van der Waals surface area contributed by atoms with Crippen LogP contribution in [0, 0.1) is 5.82 Å². The van der Waals surface area contributed by atoms with Crippen molar-refractivity contribution in [3.05, 3.63) is 29.6 Å². The summed E-state index contributed by atoms with van der Waals surface area (Å²) in [5.74, 6) is -0.000810. The maximum Gasteiger partial charge on any atom is 0.165 e. The molecule has 0 aliphatic rings. The van der Waals surface area contributed by atoms with E-state index in [1.54, 1.807) is 12.1 Å². The zero-order chi connectivity index (χ0) is 9.84. The molecule has 0 bridgehead atoms. The Kier molecular flexibility index (Phi) is 3.72. The molecule has 1 aromatic rings. The van der Waals surface area contributed by atoms with E-state index in [9.17, 15) is 4.39 Å². The molecule has 0 spiro atoms. The van der Waals surface area contributed by atoms with Gasteiger partial charge in [-0.25, -0.2) is 4.39 Å². The number of rotatable bonds is 3. The Morgan fingerprint density at radius 1 is 1.54 bits per heavy atom. The summed E-state index contributed by atoms with van der Waals surface area (Å²) >= 11 is 3.44. The lowest BCUT2D eigenvalue weighted by Gasteiger charge is -2.06. The highest BCUT2D eigenvalue weighted by Gasteiger charge is 2.04. The highest BCUT2D eigenvalue weighted by molar-refractivity contribution is 9.09. The number of benzene rings is 1. The van der Waals surface area contributed by atoms with Crippen LogP contribution < -0.4 is 4.74 Å². The van der Waals surface area contributed by atoms with Crippen LogP contribution in [-0.4, -0.2) is 11.9 Å². The summed E-state index contributed by atoms with van der Waals surface area (Å²) in [6, 6.07) is 4.94. The molecule has 0 aliphatic heterocycles. The van der Waals surface area contributed by atoms with E-state index in [0.29, 0.717) is 10.6 Å². The van der Waals surface area contributed by atoms with Crippen LogP contribution in [0.2, 0.25) is 0 Å². The molecular formula is C10H12BrFO. The fourth-order valence-electron chi connectivity index (χ4n) is 1.16. The number of hydrogen-bond acceptors (Lipinski definition) is 1. The predicted octanol–water partition coefficient (Wildman–Crippen LogP) is 3.16. The number of ether oxygens (including phenoxy) is 1. The Hall–Kier alpha value is -0.570. The summed E-state index contributed by atoms with van der Waals surface area (Å²) in [4.78, 5) is 0.391. The monoisotopic (exact) mass is 246 g/mol. The van der Waals surface area contributed by atoms with Gasteiger partial charge in [-0.3, -0.25) is 0 Å². The molecule has 0 heterocycles. The fraction of sp³-hybridized carbons (Fsp3) is 0.400. The van der Waals surface area contributed by atoms with Crippen LogP contribution in [0.25, 0.3) is 0 Å². The van der Waals surface area contributed by atoms with Gasteiger partial charge in [-0.05, 0) is 24.1 Å². The Morgan fingerprint density at radius 2 is 2.23 bits per heavy atom. The summed E-state index contributed by atoms with van der Waals surface area (Å²) < 4.78 is 17.8. The van der Waals surface area contributed by atoms with Gasteiger partial charge in [-0.1, -0.05) is 28.9 Å². The van der Waals surface area contributed by atoms with Crippen molar-refractivity contribution >= 4 is 15.9 Å². The minimum Gasteiger partial charge on any atom is -0.494 e. The average molecular weight is 247 g/mol. The van der Waals surface area contributed by atoms with Crippen LogP contribution in [-0.2, 0) is 6.42 Å². The summed E-state index contributed by atoms with van der Waals surface area (Å²) in [6.45, 7) is 2.05. The highest BCUT2D eigenvalue weighted by atomic mass is 79.9. The first-order valence-corrected chi connectivity index (χ1v) is 5.01. The van der Waals surface area contributed by atoms with Gasteiger partial charge < -0.3 is 4.74 Å². The van der Waals surface area contributed by atoms with Crippen molar-refractivity contribution in [2.75, 3.05) is 7.11 Å². The molecule has 1 unspecified atom stereocenters. The van der Waals surface area contributed by atoms with Gasteiger partial charge in [0.05, 0.1) is 7.11 Å². The normalized spacial score (nSPS) is 12.6. The van der Waals surface area contributed by atoms with E-state index in [-0.39, 0.29) is 5.82 Å². The summed E-state index contributed by atoms with van der Waals surface area (Å²) in [7, 11) is 1.47. The summed E-state index contributed by atoms with van der Waals surface area (Å²) in [5, 5.41) is 0. The maximum absolute atomic E-state index is 13.0.